The molecule has 0 saturated carbocycles. The van der Waals surface area contributed by atoms with Crippen molar-refractivity contribution in [1.82, 2.24) is 0 Å². The molecule has 1 fully saturated rings. The molecule has 0 radical (unpaired) electrons. The Balaban J connectivity index is 2.68. The van der Waals surface area contributed by atoms with Gasteiger partial charge in [0.25, 0.3) is 10.1 Å². The fourth-order valence-corrected chi connectivity index (χ4v) is 2.30. The molecule has 0 amide bonds. The summed E-state index contributed by atoms with van der Waals surface area (Å²) in [6.07, 6.45) is 1.26. The van der Waals surface area contributed by atoms with Gasteiger partial charge in [0.2, 0.25) is 0 Å². The van der Waals surface area contributed by atoms with Gasteiger partial charge in [-0.15, -0.1) is 0 Å². The van der Waals surface area contributed by atoms with Crippen molar-refractivity contribution >= 4 is 10.1 Å². The molecule has 1 saturated heterocycles. The monoisotopic (exact) mass is 194 g/mol. The molecule has 1 aliphatic heterocycles. The Bertz CT molecular complexity index is 246. The summed E-state index contributed by atoms with van der Waals surface area (Å²) >= 11 is 0. The van der Waals surface area contributed by atoms with E-state index in [9.17, 15) is 13.5 Å². The molecule has 1 heterocycles. The van der Waals surface area contributed by atoms with Crippen LogP contribution in [0.3, 0.4) is 0 Å². The third-order valence-corrected chi connectivity index (χ3v) is 3.54. The minimum atomic E-state index is -3.36. The highest BCUT2D eigenvalue weighted by Gasteiger charge is 2.31. The summed E-state index contributed by atoms with van der Waals surface area (Å²) in [5.74, 6) is -0.0721. The summed E-state index contributed by atoms with van der Waals surface area (Å²) < 4.78 is 26.5. The van der Waals surface area contributed by atoms with Crippen molar-refractivity contribution in [2.45, 2.75) is 31.8 Å². The third-order valence-electron chi connectivity index (χ3n) is 2.31. The van der Waals surface area contributed by atoms with E-state index in [1.165, 1.54) is 0 Å². The van der Waals surface area contributed by atoms with Gasteiger partial charge in [0.15, 0.2) is 0 Å². The summed E-state index contributed by atoms with van der Waals surface area (Å²) in [5, 5.41) is 9.75. The van der Waals surface area contributed by atoms with E-state index in [1.807, 2.05) is 6.92 Å². The topological polar surface area (TPSA) is 63.6 Å². The number of hydrogen-bond acceptors (Lipinski definition) is 4. The van der Waals surface area contributed by atoms with Crippen LogP contribution in [0, 0.1) is 0 Å². The molecule has 72 valence electrons. The predicted octanol–water partition coefficient (Wildman–Crippen LogP) is 0.268. The second-order valence-electron chi connectivity index (χ2n) is 3.16. The van der Waals surface area contributed by atoms with E-state index < -0.39 is 15.7 Å². The lowest BCUT2D eigenvalue weighted by Gasteiger charge is -2.22. The number of hydrogen-bond donors (Lipinski definition) is 1. The second-order valence-corrected chi connectivity index (χ2v) is 4.92. The molecule has 1 aliphatic rings. The summed E-state index contributed by atoms with van der Waals surface area (Å²) in [7, 11) is -3.36. The number of rotatable bonds is 1. The molecule has 0 aromatic carbocycles. The van der Waals surface area contributed by atoms with Crippen LogP contribution in [0.2, 0.25) is 0 Å². The average molecular weight is 194 g/mol. The van der Waals surface area contributed by atoms with E-state index >= 15 is 0 Å². The highest BCUT2D eigenvalue weighted by atomic mass is 32.2. The van der Waals surface area contributed by atoms with Gasteiger partial charge in [-0.05, 0) is 12.8 Å². The molecule has 1 rings (SSSR count). The Labute approximate surface area is 72.7 Å². The summed E-state index contributed by atoms with van der Waals surface area (Å²) in [4.78, 5) is 0. The first-order valence-corrected chi connectivity index (χ1v) is 5.65. The zero-order valence-corrected chi connectivity index (χ0v) is 7.93. The summed E-state index contributed by atoms with van der Waals surface area (Å²) in [5.41, 5.74) is -0.844. The van der Waals surface area contributed by atoms with Gasteiger partial charge in [-0.1, -0.05) is 6.92 Å². The van der Waals surface area contributed by atoms with E-state index in [-0.39, 0.29) is 18.8 Å². The first-order chi connectivity index (χ1) is 5.47. The van der Waals surface area contributed by atoms with Gasteiger partial charge in [-0.25, -0.2) is 0 Å². The quantitative estimate of drug-likeness (QED) is 0.608. The van der Waals surface area contributed by atoms with Crippen molar-refractivity contribution in [3.8, 4) is 0 Å². The van der Waals surface area contributed by atoms with Crippen molar-refractivity contribution in [2.24, 2.45) is 0 Å². The fourth-order valence-electron chi connectivity index (χ4n) is 1.21. The molecule has 12 heavy (non-hydrogen) atoms. The van der Waals surface area contributed by atoms with Crippen LogP contribution in [0.5, 0.6) is 0 Å². The SMILES string of the molecule is CCC1(O)CCOS(=O)(=O)CC1. The molecular weight excluding hydrogens is 180 g/mol. The van der Waals surface area contributed by atoms with Crippen LogP contribution in [-0.2, 0) is 14.3 Å². The van der Waals surface area contributed by atoms with Gasteiger partial charge in [0.1, 0.15) is 0 Å². The van der Waals surface area contributed by atoms with Gasteiger partial charge in [-0.3, -0.25) is 4.18 Å². The number of aliphatic hydroxyl groups is 1. The van der Waals surface area contributed by atoms with Crippen molar-refractivity contribution in [2.75, 3.05) is 12.4 Å². The van der Waals surface area contributed by atoms with Gasteiger partial charge >= 0.3 is 0 Å². The smallest absolute Gasteiger partial charge is 0.267 e. The normalized spacial score (nSPS) is 35.8. The van der Waals surface area contributed by atoms with E-state index in [0.29, 0.717) is 12.8 Å². The van der Waals surface area contributed by atoms with E-state index in [1.54, 1.807) is 0 Å². The molecular formula is C7H14O4S. The molecule has 0 aliphatic carbocycles. The molecule has 0 spiro atoms. The molecule has 1 atom stereocenters. The molecule has 5 heteroatoms. The third kappa shape index (κ3) is 2.43. The Morgan fingerprint density at radius 2 is 2.17 bits per heavy atom. The van der Waals surface area contributed by atoms with Gasteiger partial charge in [-0.2, -0.15) is 8.42 Å². The van der Waals surface area contributed by atoms with Crippen LogP contribution in [0.4, 0.5) is 0 Å². The van der Waals surface area contributed by atoms with Crippen LogP contribution >= 0.6 is 0 Å². The lowest BCUT2D eigenvalue weighted by molar-refractivity contribution is 0.0191. The largest absolute Gasteiger partial charge is 0.390 e. The fraction of sp³-hybridized carbons (Fsp3) is 1.00. The molecule has 0 bridgehead atoms. The Morgan fingerprint density at radius 1 is 1.50 bits per heavy atom. The Kier molecular flexibility index (Phi) is 2.75. The van der Waals surface area contributed by atoms with Crippen molar-refractivity contribution < 1.29 is 17.7 Å². The minimum absolute atomic E-state index is 0.0721. The van der Waals surface area contributed by atoms with Gasteiger partial charge in [0, 0.05) is 6.42 Å². The van der Waals surface area contributed by atoms with Crippen LogP contribution in [0.15, 0.2) is 0 Å². The van der Waals surface area contributed by atoms with Gasteiger partial charge in [0.05, 0.1) is 18.0 Å². The molecule has 0 aromatic rings. The average Bonchev–Trinajstić information content (AvgIpc) is 2.13. The zero-order chi connectivity index (χ0) is 9.24. The van der Waals surface area contributed by atoms with Crippen LogP contribution in [0.25, 0.3) is 0 Å². The standard InChI is InChI=1S/C7H14O4S/c1-2-7(8)3-5-11-12(9,10)6-4-7/h8H,2-6H2,1H3. The van der Waals surface area contributed by atoms with Crippen LogP contribution < -0.4 is 0 Å². The molecule has 0 aromatic heterocycles. The lowest BCUT2D eigenvalue weighted by atomic mass is 9.94. The molecule has 1 unspecified atom stereocenters. The molecule has 1 N–H and O–H groups in total. The van der Waals surface area contributed by atoms with Gasteiger partial charge < -0.3 is 5.11 Å². The first-order valence-electron chi connectivity index (χ1n) is 4.07. The lowest BCUT2D eigenvalue weighted by Crippen LogP contribution is -2.28. The van der Waals surface area contributed by atoms with Crippen molar-refractivity contribution in [1.29, 1.82) is 0 Å². The second kappa shape index (κ2) is 3.32. The minimum Gasteiger partial charge on any atom is -0.390 e. The highest BCUT2D eigenvalue weighted by Crippen LogP contribution is 2.24. The van der Waals surface area contributed by atoms with Crippen molar-refractivity contribution in [3.63, 3.8) is 0 Å². The van der Waals surface area contributed by atoms with E-state index in [2.05, 4.69) is 4.18 Å². The summed E-state index contributed by atoms with van der Waals surface area (Å²) in [6.45, 7) is 1.95. The Hall–Kier alpha value is -0.130. The maximum atomic E-state index is 10.9. The first kappa shape index (κ1) is 9.95. The van der Waals surface area contributed by atoms with Crippen LogP contribution in [0.1, 0.15) is 26.2 Å². The molecule has 4 nitrogen and oxygen atoms in total. The van der Waals surface area contributed by atoms with Crippen molar-refractivity contribution in [3.05, 3.63) is 0 Å². The highest BCUT2D eigenvalue weighted by molar-refractivity contribution is 7.86. The maximum Gasteiger partial charge on any atom is 0.267 e. The summed E-state index contributed by atoms with van der Waals surface area (Å²) in [6, 6.07) is 0. The van der Waals surface area contributed by atoms with E-state index in [0.717, 1.165) is 0 Å². The van der Waals surface area contributed by atoms with E-state index in [4.69, 9.17) is 0 Å². The predicted molar refractivity (Wildman–Crippen MR) is 44.2 cm³/mol. The van der Waals surface area contributed by atoms with Crippen LogP contribution in [-0.4, -0.2) is 31.5 Å². The maximum absolute atomic E-state index is 10.9. The zero-order valence-electron chi connectivity index (χ0n) is 7.12. The Morgan fingerprint density at radius 3 is 2.75 bits per heavy atom.